The quantitative estimate of drug-likeness (QED) is 0.700. The Morgan fingerprint density at radius 2 is 2.14 bits per heavy atom. The molecule has 3 rings (SSSR count). The van der Waals surface area contributed by atoms with Gasteiger partial charge in [-0.25, -0.2) is 0 Å². The maximum absolute atomic E-state index is 6.22. The molecule has 0 bridgehead atoms. The van der Waals surface area contributed by atoms with E-state index < -0.39 is 0 Å². The Hall–Kier alpha value is 0.160. The fourth-order valence-corrected chi connectivity index (χ4v) is 4.97. The minimum Gasteiger partial charge on any atom is -0.375 e. The number of hydrogen-bond acceptors (Lipinski definition) is 2. The van der Waals surface area contributed by atoms with Gasteiger partial charge in [-0.1, -0.05) is 24.4 Å². The lowest BCUT2D eigenvalue weighted by atomic mass is 9.78. The standard InChI is InChI=1S/C17H23ClINO/c1-20-16(14-10-13(18)4-5-15(14)19)12-6-9-21-17(11-12)7-2-3-8-17/h4-5,10,12,16,20H,2-3,6-9,11H2,1H3. The van der Waals surface area contributed by atoms with Crippen molar-refractivity contribution in [3.8, 4) is 0 Å². The molecule has 0 aromatic heterocycles. The van der Waals surface area contributed by atoms with Gasteiger partial charge < -0.3 is 10.1 Å². The van der Waals surface area contributed by atoms with Gasteiger partial charge >= 0.3 is 0 Å². The summed E-state index contributed by atoms with van der Waals surface area (Å²) in [5.74, 6) is 0.633. The zero-order chi connectivity index (χ0) is 14.9. The zero-order valence-corrected chi connectivity index (χ0v) is 15.4. The van der Waals surface area contributed by atoms with Crippen molar-refractivity contribution >= 4 is 34.2 Å². The van der Waals surface area contributed by atoms with Crippen LogP contribution in [0.1, 0.15) is 50.1 Å². The van der Waals surface area contributed by atoms with Crippen LogP contribution in [0, 0.1) is 9.49 Å². The van der Waals surface area contributed by atoms with E-state index in [9.17, 15) is 0 Å². The normalized spacial score (nSPS) is 26.1. The second-order valence-corrected chi connectivity index (χ2v) is 8.02. The second kappa shape index (κ2) is 6.73. The molecule has 1 N–H and O–H groups in total. The van der Waals surface area contributed by atoms with Gasteiger partial charge in [0.05, 0.1) is 5.60 Å². The minimum absolute atomic E-state index is 0.169. The molecule has 116 valence electrons. The number of ether oxygens (including phenoxy) is 1. The van der Waals surface area contributed by atoms with E-state index in [-0.39, 0.29) is 5.60 Å². The van der Waals surface area contributed by atoms with Gasteiger partial charge in [-0.2, -0.15) is 0 Å². The first kappa shape index (κ1) is 16.0. The molecule has 2 fully saturated rings. The lowest BCUT2D eigenvalue weighted by molar-refractivity contribution is -0.0979. The van der Waals surface area contributed by atoms with Crippen molar-refractivity contribution in [2.45, 2.75) is 50.2 Å². The summed E-state index contributed by atoms with van der Waals surface area (Å²) in [6, 6.07) is 6.59. The molecular weight excluding hydrogens is 397 g/mol. The van der Waals surface area contributed by atoms with E-state index in [2.05, 4.69) is 47.1 Å². The Bertz CT molecular complexity index is 502. The summed E-state index contributed by atoms with van der Waals surface area (Å²) in [7, 11) is 2.07. The number of rotatable bonds is 3. The van der Waals surface area contributed by atoms with E-state index in [4.69, 9.17) is 16.3 Å². The molecule has 0 radical (unpaired) electrons. The molecule has 1 heterocycles. The van der Waals surface area contributed by atoms with Gasteiger partial charge in [0.25, 0.3) is 0 Å². The maximum atomic E-state index is 6.22. The van der Waals surface area contributed by atoms with Gasteiger partial charge in [0.15, 0.2) is 0 Å². The third-order valence-corrected chi connectivity index (χ3v) is 6.34. The summed E-state index contributed by atoms with van der Waals surface area (Å²) in [5.41, 5.74) is 1.51. The Morgan fingerprint density at radius 3 is 2.86 bits per heavy atom. The van der Waals surface area contributed by atoms with E-state index in [1.807, 2.05) is 6.07 Å². The molecule has 2 atom stereocenters. The summed E-state index contributed by atoms with van der Waals surface area (Å²) in [6.07, 6.45) is 7.45. The molecule has 1 aromatic rings. The first-order chi connectivity index (χ1) is 10.1. The molecule has 1 saturated carbocycles. The number of nitrogens with one attached hydrogen (secondary N) is 1. The molecule has 1 aliphatic heterocycles. The fourth-order valence-electron chi connectivity index (χ4n) is 4.12. The van der Waals surface area contributed by atoms with Crippen LogP contribution in [-0.2, 0) is 4.74 Å². The first-order valence-corrected chi connectivity index (χ1v) is 9.35. The number of benzene rings is 1. The summed E-state index contributed by atoms with van der Waals surface area (Å²) in [4.78, 5) is 0. The van der Waals surface area contributed by atoms with E-state index in [1.165, 1.54) is 41.2 Å². The van der Waals surface area contributed by atoms with Crippen LogP contribution in [-0.4, -0.2) is 19.3 Å². The molecule has 1 aliphatic carbocycles. The largest absolute Gasteiger partial charge is 0.375 e. The Morgan fingerprint density at radius 1 is 1.38 bits per heavy atom. The highest BCUT2D eigenvalue weighted by atomic mass is 127. The highest BCUT2D eigenvalue weighted by Crippen LogP contribution is 2.45. The van der Waals surface area contributed by atoms with Gasteiger partial charge in [-0.3, -0.25) is 0 Å². The van der Waals surface area contributed by atoms with Crippen LogP contribution in [0.2, 0.25) is 5.02 Å². The summed E-state index contributed by atoms with van der Waals surface area (Å²) in [6.45, 7) is 0.903. The molecule has 0 amide bonds. The third-order valence-electron chi connectivity index (χ3n) is 5.12. The monoisotopic (exact) mass is 419 g/mol. The summed E-state index contributed by atoms with van der Waals surface area (Å²) < 4.78 is 7.48. The van der Waals surface area contributed by atoms with Crippen LogP contribution in [0.5, 0.6) is 0 Å². The molecular formula is C17H23ClINO. The lowest BCUT2D eigenvalue weighted by Crippen LogP contribution is -2.41. The van der Waals surface area contributed by atoms with Crippen molar-refractivity contribution < 1.29 is 4.74 Å². The number of hydrogen-bond donors (Lipinski definition) is 1. The predicted octanol–water partition coefficient (Wildman–Crippen LogP) is 4.94. The van der Waals surface area contributed by atoms with Crippen molar-refractivity contribution in [3.05, 3.63) is 32.4 Å². The van der Waals surface area contributed by atoms with Gasteiger partial charge in [0.2, 0.25) is 0 Å². The van der Waals surface area contributed by atoms with Crippen LogP contribution in [0.15, 0.2) is 18.2 Å². The van der Waals surface area contributed by atoms with E-state index in [1.54, 1.807) is 0 Å². The molecule has 1 aromatic carbocycles. The Balaban J connectivity index is 1.84. The zero-order valence-electron chi connectivity index (χ0n) is 12.5. The van der Waals surface area contributed by atoms with Gasteiger partial charge in [-0.05, 0) is 85.0 Å². The van der Waals surface area contributed by atoms with Crippen molar-refractivity contribution in [2.24, 2.45) is 5.92 Å². The molecule has 2 aliphatic rings. The smallest absolute Gasteiger partial charge is 0.0686 e. The van der Waals surface area contributed by atoms with Gasteiger partial charge in [0.1, 0.15) is 0 Å². The predicted molar refractivity (Wildman–Crippen MR) is 95.8 cm³/mol. The summed E-state index contributed by atoms with van der Waals surface area (Å²) in [5, 5.41) is 4.37. The molecule has 2 unspecified atom stereocenters. The molecule has 1 saturated heterocycles. The van der Waals surface area contributed by atoms with Crippen LogP contribution in [0.3, 0.4) is 0 Å². The minimum atomic E-state index is 0.169. The topological polar surface area (TPSA) is 21.3 Å². The average Bonchev–Trinajstić information content (AvgIpc) is 2.91. The second-order valence-electron chi connectivity index (χ2n) is 6.42. The van der Waals surface area contributed by atoms with Gasteiger partial charge in [-0.15, -0.1) is 0 Å². The third kappa shape index (κ3) is 3.41. The Kier molecular flexibility index (Phi) is 5.14. The van der Waals surface area contributed by atoms with Crippen molar-refractivity contribution in [1.29, 1.82) is 0 Å². The van der Waals surface area contributed by atoms with E-state index >= 15 is 0 Å². The van der Waals surface area contributed by atoms with E-state index in [0.717, 1.165) is 18.1 Å². The first-order valence-electron chi connectivity index (χ1n) is 7.90. The average molecular weight is 420 g/mol. The molecule has 4 heteroatoms. The lowest BCUT2D eigenvalue weighted by Gasteiger charge is -2.41. The van der Waals surface area contributed by atoms with Crippen LogP contribution in [0.4, 0.5) is 0 Å². The molecule has 1 spiro atoms. The van der Waals surface area contributed by atoms with Crippen molar-refractivity contribution in [2.75, 3.05) is 13.7 Å². The fraction of sp³-hybridized carbons (Fsp3) is 0.647. The Labute approximate surface area is 146 Å². The maximum Gasteiger partial charge on any atom is 0.0686 e. The van der Waals surface area contributed by atoms with Crippen molar-refractivity contribution in [3.63, 3.8) is 0 Å². The number of halogens is 2. The summed E-state index contributed by atoms with van der Waals surface area (Å²) >= 11 is 8.64. The molecule has 2 nitrogen and oxygen atoms in total. The van der Waals surface area contributed by atoms with Gasteiger partial charge in [0, 0.05) is 21.2 Å². The van der Waals surface area contributed by atoms with Crippen LogP contribution >= 0.6 is 34.2 Å². The van der Waals surface area contributed by atoms with E-state index in [0.29, 0.717) is 12.0 Å². The van der Waals surface area contributed by atoms with Crippen LogP contribution < -0.4 is 5.32 Å². The highest BCUT2D eigenvalue weighted by Gasteiger charge is 2.42. The molecule has 21 heavy (non-hydrogen) atoms. The van der Waals surface area contributed by atoms with Crippen LogP contribution in [0.25, 0.3) is 0 Å². The van der Waals surface area contributed by atoms with Crippen molar-refractivity contribution in [1.82, 2.24) is 5.32 Å². The SMILES string of the molecule is CNC(c1cc(Cl)ccc1I)C1CCOC2(CCCC2)C1. The highest BCUT2D eigenvalue weighted by molar-refractivity contribution is 14.1.